The summed E-state index contributed by atoms with van der Waals surface area (Å²) in [6, 6.07) is 16.3. The van der Waals surface area contributed by atoms with Gasteiger partial charge >= 0.3 is 0 Å². The van der Waals surface area contributed by atoms with Gasteiger partial charge in [-0.3, -0.25) is 9.59 Å². The zero-order chi connectivity index (χ0) is 24.5. The number of benzene rings is 3. The minimum atomic E-state index is -0.341. The van der Waals surface area contributed by atoms with Gasteiger partial charge in [0.2, 0.25) is 5.91 Å². The predicted molar refractivity (Wildman–Crippen MR) is 132 cm³/mol. The number of rotatable bonds is 5. The third-order valence-electron chi connectivity index (χ3n) is 6.41. The first-order chi connectivity index (χ1) is 17.0. The first-order valence-electron chi connectivity index (χ1n) is 11.3. The molecule has 0 aliphatic carbocycles. The van der Waals surface area contributed by atoms with E-state index < -0.39 is 0 Å². The van der Waals surface area contributed by atoms with E-state index >= 15 is 0 Å². The smallest absolute Gasteiger partial charge is 0.252 e. The molecule has 0 radical (unpaired) electrons. The number of amides is 2. The average molecular weight is 493 g/mol. The van der Waals surface area contributed by atoms with Crippen molar-refractivity contribution < 1.29 is 23.8 Å². The molecule has 0 bridgehead atoms. The van der Waals surface area contributed by atoms with Crippen LogP contribution in [0.25, 0.3) is 11.1 Å². The number of carbonyl (C=O) groups excluding carboxylic acids is 2. The standard InChI is InChI=1S/C27H25ClN2O5/c1-33-23-8-7-18(28)13-21(23)16-11-17-15-30(9-10-35-26(17)24(12-16)34-2)25(31)14-22-19-5-3-4-6-20(19)27(32)29-22/h3-8,11-13,22H,9-10,14-15H2,1-2H3,(H,29,32)/t22-/m1/s1. The molecule has 2 heterocycles. The van der Waals surface area contributed by atoms with Crippen LogP contribution in [0, 0.1) is 0 Å². The van der Waals surface area contributed by atoms with Gasteiger partial charge in [0.05, 0.1) is 33.2 Å². The SMILES string of the molecule is COc1ccc(Cl)cc1-c1cc2c(c(OC)c1)OCCN(C(=O)C[C@H]1NC(=O)c3ccccc31)C2. The number of nitrogens with zero attached hydrogens (tertiary/aromatic N) is 1. The van der Waals surface area contributed by atoms with Crippen molar-refractivity contribution in [2.45, 2.75) is 19.0 Å². The summed E-state index contributed by atoms with van der Waals surface area (Å²) >= 11 is 6.26. The lowest BCUT2D eigenvalue weighted by atomic mass is 10.00. The van der Waals surface area contributed by atoms with Crippen LogP contribution >= 0.6 is 11.6 Å². The molecular formula is C27H25ClN2O5. The third-order valence-corrected chi connectivity index (χ3v) is 6.65. The van der Waals surface area contributed by atoms with E-state index in [2.05, 4.69) is 5.32 Å². The van der Waals surface area contributed by atoms with Gasteiger partial charge in [-0.05, 0) is 47.5 Å². The van der Waals surface area contributed by atoms with Crippen molar-refractivity contribution in [1.82, 2.24) is 10.2 Å². The fourth-order valence-corrected chi connectivity index (χ4v) is 4.87. The molecule has 8 heteroatoms. The van der Waals surface area contributed by atoms with E-state index in [4.69, 9.17) is 25.8 Å². The van der Waals surface area contributed by atoms with Gasteiger partial charge in [-0.15, -0.1) is 0 Å². The lowest BCUT2D eigenvalue weighted by Crippen LogP contribution is -2.35. The average Bonchev–Trinajstić information content (AvgIpc) is 3.03. The molecular weight excluding hydrogens is 468 g/mol. The van der Waals surface area contributed by atoms with Gasteiger partial charge in [0.1, 0.15) is 12.4 Å². The van der Waals surface area contributed by atoms with E-state index in [1.165, 1.54) is 0 Å². The molecule has 0 spiro atoms. The lowest BCUT2D eigenvalue weighted by molar-refractivity contribution is -0.132. The van der Waals surface area contributed by atoms with Crippen molar-refractivity contribution in [2.75, 3.05) is 27.4 Å². The van der Waals surface area contributed by atoms with Crippen molar-refractivity contribution in [3.8, 4) is 28.4 Å². The first kappa shape index (κ1) is 23.1. The molecule has 5 rings (SSSR count). The summed E-state index contributed by atoms with van der Waals surface area (Å²) in [6.07, 6.45) is 0.178. The van der Waals surface area contributed by atoms with E-state index in [0.29, 0.717) is 47.5 Å². The van der Waals surface area contributed by atoms with Gasteiger partial charge in [0.15, 0.2) is 11.5 Å². The Balaban J connectivity index is 1.44. The van der Waals surface area contributed by atoms with Crippen LogP contribution in [0.4, 0.5) is 0 Å². The van der Waals surface area contributed by atoms with Crippen LogP contribution in [0.3, 0.4) is 0 Å². The molecule has 0 fully saturated rings. The second-order valence-corrected chi connectivity index (χ2v) is 8.93. The number of methoxy groups -OCH3 is 2. The van der Waals surface area contributed by atoms with E-state index in [0.717, 1.165) is 22.3 Å². The molecule has 2 aliphatic rings. The monoisotopic (exact) mass is 492 g/mol. The number of nitrogens with one attached hydrogen (secondary N) is 1. The number of halogens is 1. The summed E-state index contributed by atoms with van der Waals surface area (Å²) in [5, 5.41) is 3.51. The highest BCUT2D eigenvalue weighted by atomic mass is 35.5. The molecule has 1 N–H and O–H groups in total. The first-order valence-corrected chi connectivity index (χ1v) is 11.7. The Morgan fingerprint density at radius 1 is 1.09 bits per heavy atom. The number of hydrogen-bond acceptors (Lipinski definition) is 5. The largest absolute Gasteiger partial charge is 0.496 e. The second kappa shape index (κ2) is 9.50. The quantitative estimate of drug-likeness (QED) is 0.562. The van der Waals surface area contributed by atoms with Crippen molar-refractivity contribution in [2.24, 2.45) is 0 Å². The summed E-state index contributed by atoms with van der Waals surface area (Å²) in [4.78, 5) is 27.4. The summed E-state index contributed by atoms with van der Waals surface area (Å²) in [5.74, 6) is 1.66. The number of hydrogen-bond donors (Lipinski definition) is 1. The normalized spacial score (nSPS) is 16.5. The maximum absolute atomic E-state index is 13.3. The molecule has 0 saturated heterocycles. The van der Waals surface area contributed by atoms with E-state index in [-0.39, 0.29) is 24.3 Å². The zero-order valence-electron chi connectivity index (χ0n) is 19.5. The lowest BCUT2D eigenvalue weighted by Gasteiger charge is -2.22. The predicted octanol–water partition coefficient (Wildman–Crippen LogP) is 4.62. The minimum Gasteiger partial charge on any atom is -0.496 e. The fraction of sp³-hybridized carbons (Fsp3) is 0.259. The number of fused-ring (bicyclic) bond motifs is 2. The molecule has 7 nitrogen and oxygen atoms in total. The minimum absolute atomic E-state index is 0.0619. The Kier molecular flexibility index (Phi) is 6.26. The van der Waals surface area contributed by atoms with Crippen LogP contribution in [-0.4, -0.2) is 44.1 Å². The molecule has 0 aromatic heterocycles. The fourth-order valence-electron chi connectivity index (χ4n) is 4.70. The molecule has 3 aromatic rings. The van der Waals surface area contributed by atoms with E-state index in [1.807, 2.05) is 42.5 Å². The maximum Gasteiger partial charge on any atom is 0.252 e. The molecule has 2 aliphatic heterocycles. The molecule has 0 unspecified atom stereocenters. The Bertz CT molecular complexity index is 1310. The summed E-state index contributed by atoms with van der Waals surface area (Å²) < 4.78 is 17.2. The summed E-state index contributed by atoms with van der Waals surface area (Å²) in [7, 11) is 3.20. The second-order valence-electron chi connectivity index (χ2n) is 8.49. The van der Waals surface area contributed by atoms with Gasteiger partial charge in [0.25, 0.3) is 5.91 Å². The van der Waals surface area contributed by atoms with Crippen molar-refractivity contribution >= 4 is 23.4 Å². The van der Waals surface area contributed by atoms with E-state index in [9.17, 15) is 9.59 Å². The Morgan fingerprint density at radius 3 is 2.69 bits per heavy atom. The molecule has 3 aromatic carbocycles. The van der Waals surface area contributed by atoms with Crippen LogP contribution in [0.1, 0.15) is 33.9 Å². The van der Waals surface area contributed by atoms with Gasteiger partial charge in [0, 0.05) is 28.3 Å². The summed E-state index contributed by atoms with van der Waals surface area (Å²) in [5.41, 5.74) is 3.96. The highest BCUT2D eigenvalue weighted by Crippen LogP contribution is 2.41. The van der Waals surface area contributed by atoms with E-state index in [1.54, 1.807) is 31.3 Å². The molecule has 1 atom stereocenters. The molecule has 35 heavy (non-hydrogen) atoms. The van der Waals surface area contributed by atoms with Crippen LogP contribution in [0.2, 0.25) is 5.02 Å². The van der Waals surface area contributed by atoms with Crippen LogP contribution in [0.5, 0.6) is 17.2 Å². The van der Waals surface area contributed by atoms with Crippen molar-refractivity contribution in [3.05, 3.63) is 76.3 Å². The molecule has 180 valence electrons. The topological polar surface area (TPSA) is 77.1 Å². The van der Waals surface area contributed by atoms with Gasteiger partial charge in [-0.2, -0.15) is 0 Å². The highest BCUT2D eigenvalue weighted by Gasteiger charge is 2.32. The Labute approximate surface area is 208 Å². The maximum atomic E-state index is 13.3. The highest BCUT2D eigenvalue weighted by molar-refractivity contribution is 6.31. The Hall–Kier alpha value is -3.71. The molecule has 0 saturated carbocycles. The van der Waals surface area contributed by atoms with Crippen molar-refractivity contribution in [1.29, 1.82) is 0 Å². The zero-order valence-corrected chi connectivity index (χ0v) is 20.2. The van der Waals surface area contributed by atoms with Gasteiger partial charge in [-0.25, -0.2) is 0 Å². The third kappa shape index (κ3) is 4.39. The molecule has 2 amide bonds. The number of ether oxygens (including phenoxy) is 3. The van der Waals surface area contributed by atoms with Gasteiger partial charge < -0.3 is 24.4 Å². The Morgan fingerprint density at radius 2 is 1.89 bits per heavy atom. The van der Waals surface area contributed by atoms with Crippen LogP contribution in [0.15, 0.2) is 54.6 Å². The van der Waals surface area contributed by atoms with Crippen molar-refractivity contribution in [3.63, 3.8) is 0 Å². The van der Waals surface area contributed by atoms with Crippen LogP contribution < -0.4 is 19.5 Å². The number of carbonyl (C=O) groups is 2. The summed E-state index contributed by atoms with van der Waals surface area (Å²) in [6.45, 7) is 1.11. The van der Waals surface area contributed by atoms with Crippen LogP contribution in [-0.2, 0) is 11.3 Å². The van der Waals surface area contributed by atoms with Gasteiger partial charge in [-0.1, -0.05) is 29.8 Å².